The van der Waals surface area contributed by atoms with Gasteiger partial charge in [-0.05, 0) is 0 Å². The van der Waals surface area contributed by atoms with Gasteiger partial charge in [0.25, 0.3) is 0 Å². The molecule has 3 rings (SSSR count). The first-order valence-electron chi connectivity index (χ1n) is 7.83. The van der Waals surface area contributed by atoms with Gasteiger partial charge in [0, 0.05) is 0 Å². The SMILES string of the molecule is Cc1nn(-c2ccccc2)c(C)c1I(c1ccccc1)S(=O)(=O)C(F)(F)F. The first-order chi connectivity index (χ1) is 12.6. The van der Waals surface area contributed by atoms with Crippen LogP contribution in [-0.2, 0) is 7.01 Å². The molecule has 0 aliphatic rings. The zero-order valence-electron chi connectivity index (χ0n) is 14.4. The van der Waals surface area contributed by atoms with Crippen molar-refractivity contribution in [1.29, 1.82) is 0 Å². The summed E-state index contributed by atoms with van der Waals surface area (Å²) in [5.74, 6) is 0. The molecule has 2 aromatic carbocycles. The molecule has 1 aromatic heterocycles. The first-order valence-corrected chi connectivity index (χ1v) is 14.0. The van der Waals surface area contributed by atoms with Gasteiger partial charge in [0.1, 0.15) is 0 Å². The van der Waals surface area contributed by atoms with Gasteiger partial charge in [-0.15, -0.1) is 0 Å². The third kappa shape index (κ3) is 3.62. The van der Waals surface area contributed by atoms with Crippen molar-refractivity contribution in [2.75, 3.05) is 0 Å². The van der Waals surface area contributed by atoms with E-state index in [1.807, 2.05) is 6.07 Å². The van der Waals surface area contributed by atoms with Gasteiger partial charge in [-0.3, -0.25) is 0 Å². The molecule has 3 aromatic rings. The second-order valence-corrected chi connectivity index (χ2v) is 16.3. The van der Waals surface area contributed by atoms with Gasteiger partial charge in [0.2, 0.25) is 0 Å². The van der Waals surface area contributed by atoms with Crippen molar-refractivity contribution in [3.63, 3.8) is 0 Å². The van der Waals surface area contributed by atoms with Crippen LogP contribution >= 0.6 is 18.4 Å². The van der Waals surface area contributed by atoms with E-state index >= 15 is 0 Å². The summed E-state index contributed by atoms with van der Waals surface area (Å²) in [7, 11) is -5.36. The molecule has 4 nitrogen and oxygen atoms in total. The number of aryl methyl sites for hydroxylation is 1. The molecule has 0 N–H and O–H groups in total. The van der Waals surface area contributed by atoms with Crippen molar-refractivity contribution in [1.82, 2.24) is 9.78 Å². The Hall–Kier alpha value is -1.88. The Morgan fingerprint density at radius 1 is 0.926 bits per heavy atom. The fraction of sp³-hybridized carbons (Fsp3) is 0.167. The van der Waals surface area contributed by atoms with E-state index in [9.17, 15) is 21.6 Å². The number of rotatable bonds is 4. The second-order valence-electron chi connectivity index (χ2n) is 5.66. The molecule has 0 unspecified atom stereocenters. The van der Waals surface area contributed by atoms with Crippen LogP contribution in [0.25, 0.3) is 5.69 Å². The second kappa shape index (κ2) is 7.27. The molecule has 0 amide bonds. The molecule has 0 fully saturated rings. The van der Waals surface area contributed by atoms with E-state index in [1.54, 1.807) is 56.3 Å². The summed E-state index contributed by atoms with van der Waals surface area (Å²) in [6, 6.07) is 16.6. The molecule has 0 aliphatic heterocycles. The molecular weight excluding hydrogens is 492 g/mol. The molecule has 0 saturated heterocycles. The van der Waals surface area contributed by atoms with Gasteiger partial charge in [0.05, 0.1) is 0 Å². The van der Waals surface area contributed by atoms with Crippen LogP contribution in [0.3, 0.4) is 0 Å². The number of hydrogen-bond donors (Lipinski definition) is 0. The third-order valence-electron chi connectivity index (χ3n) is 3.79. The molecule has 144 valence electrons. The maximum atomic E-state index is 13.5. The van der Waals surface area contributed by atoms with Crippen LogP contribution < -0.4 is 0 Å². The van der Waals surface area contributed by atoms with E-state index in [4.69, 9.17) is 0 Å². The maximum absolute atomic E-state index is 13.5. The average Bonchev–Trinajstić information content (AvgIpc) is 2.91. The number of benzene rings is 2. The summed E-state index contributed by atoms with van der Waals surface area (Å²) >= 11 is -3.94. The number of para-hydroxylation sites is 1. The number of nitrogens with zero attached hydrogens (tertiary/aromatic N) is 2. The van der Waals surface area contributed by atoms with Crippen LogP contribution in [0.15, 0.2) is 60.7 Å². The van der Waals surface area contributed by atoms with Crippen LogP contribution in [0.2, 0.25) is 0 Å². The summed E-state index contributed by atoms with van der Waals surface area (Å²) in [5, 5.41) is 4.35. The van der Waals surface area contributed by atoms with Gasteiger partial charge in [-0.2, -0.15) is 0 Å². The topological polar surface area (TPSA) is 52.0 Å². The quantitative estimate of drug-likeness (QED) is 0.373. The van der Waals surface area contributed by atoms with Crippen molar-refractivity contribution in [3.05, 3.63) is 79.2 Å². The van der Waals surface area contributed by atoms with E-state index in [-0.39, 0.29) is 7.14 Å². The van der Waals surface area contributed by atoms with Crippen molar-refractivity contribution < 1.29 is 21.6 Å². The van der Waals surface area contributed by atoms with Gasteiger partial charge >= 0.3 is 161 Å². The Morgan fingerprint density at radius 3 is 1.96 bits per heavy atom. The van der Waals surface area contributed by atoms with Gasteiger partial charge < -0.3 is 0 Å². The minimum atomic E-state index is -5.36. The Morgan fingerprint density at radius 2 is 1.44 bits per heavy atom. The van der Waals surface area contributed by atoms with Gasteiger partial charge in [0.15, 0.2) is 0 Å². The van der Waals surface area contributed by atoms with E-state index in [2.05, 4.69) is 5.10 Å². The molecule has 0 radical (unpaired) electrons. The van der Waals surface area contributed by atoms with Crippen LogP contribution in [0.1, 0.15) is 11.4 Å². The number of alkyl halides is 3. The molecule has 0 bridgehead atoms. The van der Waals surface area contributed by atoms with E-state index in [0.717, 1.165) is 0 Å². The summed E-state index contributed by atoms with van der Waals surface area (Å²) < 4.78 is 67.3. The van der Waals surface area contributed by atoms with E-state index < -0.39 is 31.0 Å². The normalized spacial score (nSPS) is 12.9. The van der Waals surface area contributed by atoms with Crippen molar-refractivity contribution in [3.8, 4) is 5.69 Å². The van der Waals surface area contributed by atoms with Gasteiger partial charge in [-0.25, -0.2) is 0 Å². The molecular formula is C18H16F3IN2O2S. The standard InChI is InChI=1S/C18H16F3IN2O2S/c1-13-17(14(2)24(23-13)16-11-7-4-8-12-16)22(15-9-5-3-6-10-15)27(25,26)18(19,20)21/h3-12H,1-2H3. The first kappa shape index (κ1) is 19.9. The Labute approximate surface area is 160 Å². The Kier molecular flexibility index (Phi) is 5.35. The summed E-state index contributed by atoms with van der Waals surface area (Å²) in [6.45, 7) is 3.17. The molecule has 0 atom stereocenters. The molecule has 0 spiro atoms. The molecule has 0 aliphatic carbocycles. The molecule has 27 heavy (non-hydrogen) atoms. The Balaban J connectivity index is 2.28. The average molecular weight is 508 g/mol. The van der Waals surface area contributed by atoms with Gasteiger partial charge in [-0.1, -0.05) is 0 Å². The third-order valence-corrected chi connectivity index (χ3v) is 16.3. The number of aromatic nitrogens is 2. The van der Waals surface area contributed by atoms with Crippen molar-refractivity contribution >= 4 is 25.4 Å². The van der Waals surface area contributed by atoms with Crippen molar-refractivity contribution in [2.45, 2.75) is 19.4 Å². The van der Waals surface area contributed by atoms with Crippen LogP contribution in [0, 0.1) is 21.0 Å². The monoisotopic (exact) mass is 508 g/mol. The number of halogens is 4. The van der Waals surface area contributed by atoms with E-state index in [0.29, 0.717) is 17.1 Å². The molecule has 0 saturated carbocycles. The van der Waals surface area contributed by atoms with Crippen LogP contribution in [0.5, 0.6) is 0 Å². The fourth-order valence-corrected chi connectivity index (χ4v) is 14.1. The zero-order chi connectivity index (χ0) is 19.8. The minimum absolute atomic E-state index is 0.201. The predicted molar refractivity (Wildman–Crippen MR) is 106 cm³/mol. The predicted octanol–water partition coefficient (Wildman–Crippen LogP) is 4.88. The fourth-order valence-electron chi connectivity index (χ4n) is 2.64. The summed E-state index contributed by atoms with van der Waals surface area (Å²) in [4.78, 5) is 0. The van der Waals surface area contributed by atoms with Crippen LogP contribution in [0.4, 0.5) is 13.2 Å². The summed E-state index contributed by atoms with van der Waals surface area (Å²) in [5.41, 5.74) is -3.93. The van der Waals surface area contributed by atoms with E-state index in [1.165, 1.54) is 16.8 Å². The number of hydrogen-bond acceptors (Lipinski definition) is 3. The van der Waals surface area contributed by atoms with Crippen molar-refractivity contribution in [2.24, 2.45) is 0 Å². The van der Waals surface area contributed by atoms with Crippen LogP contribution in [-0.4, -0.2) is 23.7 Å². The molecule has 9 heteroatoms. The Bertz CT molecular complexity index is 1050. The zero-order valence-corrected chi connectivity index (χ0v) is 17.4. The molecule has 1 heterocycles. The summed E-state index contributed by atoms with van der Waals surface area (Å²) in [6.07, 6.45) is 0.